The van der Waals surface area contributed by atoms with Gasteiger partial charge in [0.25, 0.3) is 0 Å². The lowest BCUT2D eigenvalue weighted by molar-refractivity contribution is 0.112. The average Bonchev–Trinajstić information content (AvgIpc) is 2.49. The van der Waals surface area contributed by atoms with Crippen LogP contribution in [0.5, 0.6) is 5.75 Å². The monoisotopic (exact) mass is 307 g/mol. The van der Waals surface area contributed by atoms with E-state index < -0.39 is 0 Å². The fraction of sp³-hybridized carbons (Fsp3) is 0.562. The molecule has 21 heavy (non-hydrogen) atoms. The lowest BCUT2D eigenvalue weighted by Gasteiger charge is -2.38. The number of nitrogens with zero attached hydrogens (tertiary/aromatic N) is 2. The maximum absolute atomic E-state index is 5.83. The molecular formula is C16H25N3OS. The Morgan fingerprint density at radius 1 is 1.33 bits per heavy atom. The molecule has 0 aliphatic carbocycles. The van der Waals surface area contributed by atoms with Crippen molar-refractivity contribution in [3.8, 4) is 5.75 Å². The van der Waals surface area contributed by atoms with E-state index in [2.05, 4.69) is 28.9 Å². The van der Waals surface area contributed by atoms with Gasteiger partial charge in [-0.2, -0.15) is 0 Å². The highest BCUT2D eigenvalue weighted by atomic mass is 32.1. The Bertz CT molecular complexity index is 472. The smallest absolute Gasteiger partial charge is 0.119 e. The predicted molar refractivity (Wildman–Crippen MR) is 90.7 cm³/mol. The Morgan fingerprint density at radius 2 is 2.05 bits per heavy atom. The van der Waals surface area contributed by atoms with Gasteiger partial charge in [0.2, 0.25) is 0 Å². The standard InChI is InChI=1S/C16H25N3OS/c1-3-15(16(17)21)19-9-7-18(8-10-19)12-13-5-4-6-14(11-13)20-2/h4-6,11,15H,3,7-10,12H2,1-2H3,(H2,17,21). The van der Waals surface area contributed by atoms with Crippen molar-refractivity contribution < 1.29 is 4.74 Å². The normalized spacial score (nSPS) is 18.4. The van der Waals surface area contributed by atoms with Crippen molar-refractivity contribution in [3.63, 3.8) is 0 Å². The van der Waals surface area contributed by atoms with E-state index >= 15 is 0 Å². The van der Waals surface area contributed by atoms with Crippen LogP contribution in [0.3, 0.4) is 0 Å². The first kappa shape index (κ1) is 16.2. The molecule has 1 aliphatic heterocycles. The lowest BCUT2D eigenvalue weighted by atomic mass is 10.1. The molecule has 0 spiro atoms. The second-order valence-corrected chi connectivity index (χ2v) is 5.96. The molecule has 2 rings (SSSR count). The minimum atomic E-state index is 0.249. The van der Waals surface area contributed by atoms with E-state index in [1.807, 2.05) is 12.1 Å². The second kappa shape index (κ2) is 7.73. The van der Waals surface area contributed by atoms with E-state index in [1.54, 1.807) is 7.11 Å². The van der Waals surface area contributed by atoms with E-state index in [0.717, 1.165) is 44.9 Å². The van der Waals surface area contributed by atoms with Gasteiger partial charge in [0, 0.05) is 32.7 Å². The van der Waals surface area contributed by atoms with Crippen LogP contribution in [-0.2, 0) is 6.54 Å². The summed E-state index contributed by atoms with van der Waals surface area (Å²) in [7, 11) is 1.71. The van der Waals surface area contributed by atoms with Crippen LogP contribution in [0, 0.1) is 0 Å². The van der Waals surface area contributed by atoms with E-state index in [1.165, 1.54) is 5.56 Å². The SMILES string of the molecule is CCC(C(N)=S)N1CCN(Cc2cccc(OC)c2)CC1. The Morgan fingerprint density at radius 3 is 2.62 bits per heavy atom. The summed E-state index contributed by atoms with van der Waals surface area (Å²) in [5.74, 6) is 0.922. The Kier molecular flexibility index (Phi) is 5.96. The van der Waals surface area contributed by atoms with Gasteiger partial charge in [0.05, 0.1) is 18.1 Å². The molecule has 1 unspecified atom stereocenters. The van der Waals surface area contributed by atoms with Gasteiger partial charge in [-0.1, -0.05) is 31.3 Å². The molecule has 0 aromatic heterocycles. The highest BCUT2D eigenvalue weighted by Crippen LogP contribution is 2.16. The third-order valence-corrected chi connectivity index (χ3v) is 4.38. The number of nitrogens with two attached hydrogens (primary N) is 1. The minimum Gasteiger partial charge on any atom is -0.497 e. The van der Waals surface area contributed by atoms with Crippen LogP contribution in [0.2, 0.25) is 0 Å². The fourth-order valence-corrected chi connectivity index (χ4v) is 3.22. The van der Waals surface area contributed by atoms with Crippen molar-refractivity contribution >= 4 is 17.2 Å². The van der Waals surface area contributed by atoms with Crippen molar-refractivity contribution in [1.82, 2.24) is 9.80 Å². The summed E-state index contributed by atoms with van der Waals surface area (Å²) in [6.07, 6.45) is 0.991. The zero-order valence-electron chi connectivity index (χ0n) is 12.9. The molecule has 1 aliphatic rings. The first-order valence-corrected chi connectivity index (χ1v) is 7.93. The topological polar surface area (TPSA) is 41.7 Å². The number of hydrogen-bond acceptors (Lipinski definition) is 4. The Balaban J connectivity index is 1.87. The third-order valence-electron chi connectivity index (χ3n) is 4.10. The largest absolute Gasteiger partial charge is 0.497 e. The van der Waals surface area contributed by atoms with Gasteiger partial charge in [-0.15, -0.1) is 0 Å². The first-order valence-electron chi connectivity index (χ1n) is 7.52. The molecule has 5 heteroatoms. The zero-order chi connectivity index (χ0) is 15.2. The van der Waals surface area contributed by atoms with Gasteiger partial charge in [-0.3, -0.25) is 9.80 Å². The third kappa shape index (κ3) is 4.40. The number of benzene rings is 1. The molecule has 0 saturated carbocycles. The van der Waals surface area contributed by atoms with Crippen molar-refractivity contribution in [2.45, 2.75) is 25.9 Å². The van der Waals surface area contributed by atoms with Gasteiger partial charge >= 0.3 is 0 Å². The molecule has 1 saturated heterocycles. The molecule has 0 radical (unpaired) electrons. The van der Waals surface area contributed by atoms with Crippen LogP contribution in [0.25, 0.3) is 0 Å². The summed E-state index contributed by atoms with van der Waals surface area (Å²) >= 11 is 5.17. The van der Waals surface area contributed by atoms with Crippen LogP contribution < -0.4 is 10.5 Å². The second-order valence-electron chi connectivity index (χ2n) is 5.49. The van der Waals surface area contributed by atoms with Crippen LogP contribution in [0.15, 0.2) is 24.3 Å². The summed E-state index contributed by atoms with van der Waals surface area (Å²) < 4.78 is 5.28. The number of methoxy groups -OCH3 is 1. The molecule has 1 fully saturated rings. The summed E-state index contributed by atoms with van der Waals surface area (Å²) in [4.78, 5) is 5.50. The Labute approximate surface area is 132 Å². The van der Waals surface area contributed by atoms with Crippen molar-refractivity contribution in [1.29, 1.82) is 0 Å². The van der Waals surface area contributed by atoms with E-state index in [9.17, 15) is 0 Å². The summed E-state index contributed by atoms with van der Waals surface area (Å²) in [6.45, 7) is 7.27. The molecule has 1 atom stereocenters. The van der Waals surface area contributed by atoms with Gasteiger partial charge < -0.3 is 10.5 Å². The maximum atomic E-state index is 5.83. The van der Waals surface area contributed by atoms with Crippen LogP contribution in [-0.4, -0.2) is 54.1 Å². The summed E-state index contributed by atoms with van der Waals surface area (Å²) in [6, 6.07) is 8.54. The van der Waals surface area contributed by atoms with Gasteiger partial charge in [-0.05, 0) is 24.1 Å². The molecule has 0 bridgehead atoms. The highest BCUT2D eigenvalue weighted by Gasteiger charge is 2.24. The molecule has 4 nitrogen and oxygen atoms in total. The average molecular weight is 307 g/mol. The molecule has 1 heterocycles. The summed E-state index contributed by atoms with van der Waals surface area (Å²) in [5.41, 5.74) is 7.13. The van der Waals surface area contributed by atoms with E-state index in [-0.39, 0.29) is 6.04 Å². The van der Waals surface area contributed by atoms with Crippen molar-refractivity contribution in [2.75, 3.05) is 33.3 Å². The molecule has 116 valence electrons. The molecule has 2 N–H and O–H groups in total. The molecule has 1 aromatic rings. The van der Waals surface area contributed by atoms with Crippen molar-refractivity contribution in [3.05, 3.63) is 29.8 Å². The quantitative estimate of drug-likeness (QED) is 0.813. The number of rotatable bonds is 6. The molecule has 1 aromatic carbocycles. The maximum Gasteiger partial charge on any atom is 0.119 e. The van der Waals surface area contributed by atoms with Crippen molar-refractivity contribution in [2.24, 2.45) is 5.73 Å². The van der Waals surface area contributed by atoms with Gasteiger partial charge in [0.15, 0.2) is 0 Å². The predicted octanol–water partition coefficient (Wildman–Crippen LogP) is 1.88. The number of thiocarbonyl (C=S) groups is 1. The van der Waals surface area contributed by atoms with Crippen LogP contribution in [0.1, 0.15) is 18.9 Å². The molecule has 0 amide bonds. The van der Waals surface area contributed by atoms with Crippen LogP contribution >= 0.6 is 12.2 Å². The van der Waals surface area contributed by atoms with Gasteiger partial charge in [-0.25, -0.2) is 0 Å². The lowest BCUT2D eigenvalue weighted by Crippen LogP contribution is -2.53. The first-order chi connectivity index (χ1) is 10.1. The van der Waals surface area contributed by atoms with Crippen LogP contribution in [0.4, 0.5) is 0 Å². The fourth-order valence-electron chi connectivity index (χ4n) is 2.90. The Hall–Kier alpha value is -1.17. The van der Waals surface area contributed by atoms with E-state index in [4.69, 9.17) is 22.7 Å². The van der Waals surface area contributed by atoms with Gasteiger partial charge in [0.1, 0.15) is 5.75 Å². The minimum absolute atomic E-state index is 0.249. The number of hydrogen-bond donors (Lipinski definition) is 1. The summed E-state index contributed by atoms with van der Waals surface area (Å²) in [5, 5.41) is 0. The molecular weight excluding hydrogens is 282 g/mol. The van der Waals surface area contributed by atoms with E-state index in [0.29, 0.717) is 4.99 Å². The highest BCUT2D eigenvalue weighted by molar-refractivity contribution is 7.80. The number of ether oxygens (including phenoxy) is 1. The zero-order valence-corrected chi connectivity index (χ0v) is 13.7. The number of piperazine rings is 1.